The maximum absolute atomic E-state index is 12.6. The summed E-state index contributed by atoms with van der Waals surface area (Å²) in [6, 6.07) is 12.1. The standard InChI is InChI=1S/C20H21N3O4/c1-13(2)15-6-4-14(5-7-15)11-21(3)12-22-19(24)17-9-8-16(23(26)27)10-18(17)20(22)25/h4-10,13H,11-12H2,1-3H3/p+1. The summed E-state index contributed by atoms with van der Waals surface area (Å²) in [5.74, 6) is -0.417. The molecule has 7 nitrogen and oxygen atoms in total. The van der Waals surface area contributed by atoms with E-state index in [9.17, 15) is 19.7 Å². The Morgan fingerprint density at radius 3 is 2.26 bits per heavy atom. The van der Waals surface area contributed by atoms with Gasteiger partial charge in [0.2, 0.25) is 0 Å². The molecule has 3 rings (SSSR count). The molecule has 0 aliphatic carbocycles. The van der Waals surface area contributed by atoms with Gasteiger partial charge in [0.25, 0.3) is 17.5 Å². The second-order valence-corrected chi connectivity index (χ2v) is 7.21. The van der Waals surface area contributed by atoms with Gasteiger partial charge in [-0.3, -0.25) is 19.7 Å². The number of nitrogens with zero attached hydrogens (tertiary/aromatic N) is 2. The van der Waals surface area contributed by atoms with E-state index in [2.05, 4.69) is 38.1 Å². The van der Waals surface area contributed by atoms with Crippen LogP contribution in [0.2, 0.25) is 0 Å². The Hall–Kier alpha value is -3.06. The van der Waals surface area contributed by atoms with E-state index in [1.54, 1.807) is 0 Å². The van der Waals surface area contributed by atoms with Gasteiger partial charge >= 0.3 is 0 Å². The first-order valence-corrected chi connectivity index (χ1v) is 8.82. The molecule has 7 heteroatoms. The average molecular weight is 368 g/mol. The first-order valence-electron chi connectivity index (χ1n) is 8.82. The van der Waals surface area contributed by atoms with E-state index < -0.39 is 16.7 Å². The fourth-order valence-electron chi connectivity index (χ4n) is 3.23. The fraction of sp³-hybridized carbons (Fsp3) is 0.300. The number of carbonyl (C=O) groups excluding carboxylic acids is 2. The number of imide groups is 1. The van der Waals surface area contributed by atoms with Crippen LogP contribution in [-0.2, 0) is 6.54 Å². The second kappa shape index (κ2) is 7.28. The Bertz CT molecular complexity index is 906. The van der Waals surface area contributed by atoms with E-state index in [0.29, 0.717) is 12.5 Å². The largest absolute Gasteiger partial charge is 0.316 e. The smallest absolute Gasteiger partial charge is 0.270 e. The van der Waals surface area contributed by atoms with Crippen molar-refractivity contribution in [3.05, 3.63) is 74.8 Å². The molecule has 1 unspecified atom stereocenters. The molecule has 0 saturated carbocycles. The van der Waals surface area contributed by atoms with Gasteiger partial charge < -0.3 is 4.90 Å². The molecule has 0 fully saturated rings. The molecule has 0 radical (unpaired) electrons. The van der Waals surface area contributed by atoms with Crippen molar-refractivity contribution in [2.75, 3.05) is 13.7 Å². The summed E-state index contributed by atoms with van der Waals surface area (Å²) in [4.78, 5) is 37.5. The van der Waals surface area contributed by atoms with Crippen LogP contribution in [-0.4, -0.2) is 35.4 Å². The monoisotopic (exact) mass is 368 g/mol. The lowest BCUT2D eigenvalue weighted by Gasteiger charge is -2.20. The van der Waals surface area contributed by atoms with Crippen molar-refractivity contribution in [3.8, 4) is 0 Å². The zero-order valence-electron chi connectivity index (χ0n) is 15.6. The maximum Gasteiger partial charge on any atom is 0.270 e. The molecule has 1 heterocycles. The Labute approximate surface area is 157 Å². The summed E-state index contributed by atoms with van der Waals surface area (Å²) in [6.07, 6.45) is 0. The molecule has 1 aliphatic heterocycles. The fourth-order valence-corrected chi connectivity index (χ4v) is 3.23. The number of benzene rings is 2. The Balaban J connectivity index is 1.71. The number of fused-ring (bicyclic) bond motifs is 1. The maximum atomic E-state index is 12.6. The zero-order chi connectivity index (χ0) is 19.7. The van der Waals surface area contributed by atoms with Crippen molar-refractivity contribution < 1.29 is 19.4 Å². The first-order chi connectivity index (χ1) is 12.8. The van der Waals surface area contributed by atoms with Gasteiger partial charge in [-0.15, -0.1) is 0 Å². The Kier molecular flexibility index (Phi) is 5.05. The molecule has 0 saturated heterocycles. The van der Waals surface area contributed by atoms with Gasteiger partial charge in [0.15, 0.2) is 6.67 Å². The van der Waals surface area contributed by atoms with Crippen LogP contribution in [0.5, 0.6) is 0 Å². The summed E-state index contributed by atoms with van der Waals surface area (Å²) >= 11 is 0. The van der Waals surface area contributed by atoms with Gasteiger partial charge in [0, 0.05) is 17.7 Å². The predicted molar refractivity (Wildman–Crippen MR) is 99.6 cm³/mol. The second-order valence-electron chi connectivity index (χ2n) is 7.21. The quantitative estimate of drug-likeness (QED) is 0.480. The molecule has 0 spiro atoms. The van der Waals surface area contributed by atoms with E-state index in [1.165, 1.54) is 23.8 Å². The van der Waals surface area contributed by atoms with E-state index in [4.69, 9.17) is 0 Å². The molecular formula is C20H22N3O4+. The third kappa shape index (κ3) is 3.73. The lowest BCUT2D eigenvalue weighted by atomic mass is 10.0. The molecule has 1 N–H and O–H groups in total. The zero-order valence-corrected chi connectivity index (χ0v) is 15.6. The molecule has 2 aromatic carbocycles. The van der Waals surface area contributed by atoms with Gasteiger partial charge in [-0.2, -0.15) is 0 Å². The summed E-state index contributed by atoms with van der Waals surface area (Å²) in [7, 11) is 1.91. The molecule has 27 heavy (non-hydrogen) atoms. The number of hydrogen-bond acceptors (Lipinski definition) is 4. The highest BCUT2D eigenvalue weighted by atomic mass is 16.6. The SMILES string of the molecule is CC(C)c1ccc(C[NH+](C)CN2C(=O)c3ccc([N+](=O)[O-])cc3C2=O)cc1. The third-order valence-corrected chi connectivity index (χ3v) is 4.75. The van der Waals surface area contributed by atoms with Crippen LogP contribution in [0.3, 0.4) is 0 Å². The Morgan fingerprint density at radius 1 is 1.04 bits per heavy atom. The number of nitro groups is 1. The molecule has 0 aromatic heterocycles. The number of nitro benzene ring substituents is 1. The first kappa shape index (κ1) is 18.7. The molecule has 1 atom stereocenters. The molecule has 1 aliphatic rings. The number of rotatable bonds is 6. The minimum atomic E-state index is -0.571. The van der Waals surface area contributed by atoms with Crippen LogP contribution in [0.1, 0.15) is 51.6 Å². The number of nitrogens with one attached hydrogen (secondary N) is 1. The van der Waals surface area contributed by atoms with E-state index in [0.717, 1.165) is 15.4 Å². The number of quaternary nitrogens is 1. The molecule has 2 amide bonds. The lowest BCUT2D eigenvalue weighted by molar-refractivity contribution is -0.901. The molecular weight excluding hydrogens is 346 g/mol. The van der Waals surface area contributed by atoms with Crippen molar-refractivity contribution in [1.82, 2.24) is 4.90 Å². The third-order valence-electron chi connectivity index (χ3n) is 4.75. The van der Waals surface area contributed by atoms with Gasteiger partial charge in [0.05, 0.1) is 23.1 Å². The molecule has 2 aromatic rings. The van der Waals surface area contributed by atoms with Gasteiger partial charge in [-0.25, -0.2) is 4.90 Å². The van der Waals surface area contributed by atoms with Crippen LogP contribution >= 0.6 is 0 Å². The number of carbonyl (C=O) groups is 2. The van der Waals surface area contributed by atoms with Crippen LogP contribution in [0, 0.1) is 10.1 Å². The molecule has 140 valence electrons. The van der Waals surface area contributed by atoms with Gasteiger partial charge in [0.1, 0.15) is 6.54 Å². The summed E-state index contributed by atoms with van der Waals surface area (Å²) < 4.78 is 0. The average Bonchev–Trinajstić information content (AvgIpc) is 2.86. The summed E-state index contributed by atoms with van der Waals surface area (Å²) in [6.45, 7) is 5.13. The highest BCUT2D eigenvalue weighted by molar-refractivity contribution is 6.21. The minimum absolute atomic E-state index is 0.100. The van der Waals surface area contributed by atoms with Crippen molar-refractivity contribution in [2.24, 2.45) is 0 Å². The normalized spacial score (nSPS) is 14.6. The highest BCUT2D eigenvalue weighted by Crippen LogP contribution is 2.26. The van der Waals surface area contributed by atoms with Crippen LogP contribution in [0.4, 0.5) is 5.69 Å². The highest BCUT2D eigenvalue weighted by Gasteiger charge is 2.38. The van der Waals surface area contributed by atoms with Crippen LogP contribution in [0.15, 0.2) is 42.5 Å². The predicted octanol–water partition coefficient (Wildman–Crippen LogP) is 1.99. The van der Waals surface area contributed by atoms with Crippen LogP contribution < -0.4 is 4.90 Å². The van der Waals surface area contributed by atoms with E-state index in [1.807, 2.05) is 7.05 Å². The van der Waals surface area contributed by atoms with Crippen molar-refractivity contribution >= 4 is 17.5 Å². The minimum Gasteiger partial charge on any atom is -0.316 e. The number of hydrogen-bond donors (Lipinski definition) is 1. The lowest BCUT2D eigenvalue weighted by Crippen LogP contribution is -3.09. The Morgan fingerprint density at radius 2 is 1.67 bits per heavy atom. The van der Waals surface area contributed by atoms with E-state index in [-0.39, 0.29) is 23.5 Å². The van der Waals surface area contributed by atoms with Gasteiger partial charge in [-0.1, -0.05) is 38.1 Å². The van der Waals surface area contributed by atoms with Crippen LogP contribution in [0.25, 0.3) is 0 Å². The number of non-ortho nitro benzene ring substituents is 1. The summed E-state index contributed by atoms with van der Waals surface area (Å²) in [5, 5.41) is 10.9. The summed E-state index contributed by atoms with van der Waals surface area (Å²) in [5.41, 5.74) is 2.51. The topological polar surface area (TPSA) is 85.0 Å². The molecule has 0 bridgehead atoms. The van der Waals surface area contributed by atoms with Crippen molar-refractivity contribution in [3.63, 3.8) is 0 Å². The van der Waals surface area contributed by atoms with Crippen molar-refractivity contribution in [2.45, 2.75) is 26.3 Å². The van der Waals surface area contributed by atoms with Crippen molar-refractivity contribution in [1.29, 1.82) is 0 Å². The van der Waals surface area contributed by atoms with Gasteiger partial charge in [-0.05, 0) is 17.5 Å². The van der Waals surface area contributed by atoms with E-state index >= 15 is 0 Å². The number of amides is 2.